The summed E-state index contributed by atoms with van der Waals surface area (Å²) in [6.07, 6.45) is -3.72. The topological polar surface area (TPSA) is 12.9 Å². The fourth-order valence-corrected chi connectivity index (χ4v) is 4.64. The molecule has 3 aromatic rings. The van der Waals surface area contributed by atoms with Gasteiger partial charge in [0.2, 0.25) is 0 Å². The van der Waals surface area contributed by atoms with Gasteiger partial charge in [0.1, 0.15) is 0 Å². The third-order valence-electron chi connectivity index (χ3n) is 3.75. The molecule has 0 saturated heterocycles. The number of nitrogens with zero attached hydrogens (tertiary/aromatic N) is 1. The van der Waals surface area contributed by atoms with Crippen molar-refractivity contribution in [2.45, 2.75) is 6.18 Å². The van der Waals surface area contributed by atoms with Gasteiger partial charge in [-0.25, -0.2) is 0 Å². The summed E-state index contributed by atoms with van der Waals surface area (Å²) in [5.41, 5.74) is -1.30. The number of alkyl halides is 3. The van der Waals surface area contributed by atoms with Crippen LogP contribution < -0.4 is 0 Å². The first-order valence-electron chi connectivity index (χ1n) is 7.36. The van der Waals surface area contributed by atoms with Crippen LogP contribution >= 0.6 is 69.6 Å². The van der Waals surface area contributed by atoms with E-state index in [4.69, 9.17) is 69.6 Å². The van der Waals surface area contributed by atoms with Crippen molar-refractivity contribution in [3.05, 3.63) is 72.2 Å². The third-order valence-corrected chi connectivity index (χ3v) is 5.38. The van der Waals surface area contributed by atoms with Crippen molar-refractivity contribution < 1.29 is 13.2 Å². The van der Waals surface area contributed by atoms with E-state index in [2.05, 4.69) is 4.98 Å². The highest BCUT2D eigenvalue weighted by atomic mass is 35.5. The fourth-order valence-electron chi connectivity index (χ4n) is 2.61. The highest BCUT2D eigenvalue weighted by molar-refractivity contribution is 6.42. The summed E-state index contributed by atoms with van der Waals surface area (Å²) in [5.74, 6) is 0. The second kappa shape index (κ2) is 8.10. The molecule has 0 atom stereocenters. The van der Waals surface area contributed by atoms with Crippen molar-refractivity contribution in [3.63, 3.8) is 0 Å². The molecule has 0 fully saturated rings. The molecule has 1 heterocycles. The van der Waals surface area contributed by atoms with E-state index >= 15 is 0 Å². The van der Waals surface area contributed by atoms with Gasteiger partial charge in [-0.15, -0.1) is 0 Å². The van der Waals surface area contributed by atoms with E-state index in [1.165, 1.54) is 24.3 Å². The van der Waals surface area contributed by atoms with Crippen LogP contribution in [0, 0.1) is 0 Å². The molecule has 1 aromatic heterocycles. The Kier molecular flexibility index (Phi) is 6.31. The van der Waals surface area contributed by atoms with Gasteiger partial charge in [-0.05, 0) is 30.3 Å². The van der Waals surface area contributed by atoms with Crippen molar-refractivity contribution in [3.8, 4) is 22.4 Å². The summed E-state index contributed by atoms with van der Waals surface area (Å²) in [4.78, 5) is 4.09. The minimum Gasteiger partial charge on any atom is -0.255 e. The Bertz CT molecular complexity index is 1040. The molecule has 0 bridgehead atoms. The molecular weight excluding hydrogens is 500 g/mol. The van der Waals surface area contributed by atoms with E-state index in [0.29, 0.717) is 0 Å². The second-order valence-corrected chi connectivity index (χ2v) is 8.10. The summed E-state index contributed by atoms with van der Waals surface area (Å²) in [7, 11) is 0. The van der Waals surface area contributed by atoms with Crippen LogP contribution in [0.2, 0.25) is 30.1 Å². The van der Waals surface area contributed by atoms with Crippen LogP contribution in [-0.2, 0) is 6.18 Å². The fraction of sp³-hybridized carbons (Fsp3) is 0.0556. The van der Waals surface area contributed by atoms with Crippen LogP contribution in [0.25, 0.3) is 22.4 Å². The van der Waals surface area contributed by atoms with Gasteiger partial charge in [0.15, 0.2) is 0 Å². The van der Waals surface area contributed by atoms with Crippen LogP contribution in [0.4, 0.5) is 13.2 Å². The molecule has 0 radical (unpaired) electrons. The smallest absolute Gasteiger partial charge is 0.255 e. The Hall–Kier alpha value is -0.880. The van der Waals surface area contributed by atoms with Crippen molar-refractivity contribution >= 4 is 69.6 Å². The number of rotatable bonds is 2. The quantitative estimate of drug-likeness (QED) is 0.338. The van der Waals surface area contributed by atoms with Gasteiger partial charge in [0.05, 0.1) is 31.3 Å². The van der Waals surface area contributed by atoms with E-state index in [0.717, 1.165) is 12.3 Å². The Labute approximate surface area is 187 Å². The molecule has 1 nitrogen and oxygen atoms in total. The molecule has 0 aliphatic rings. The molecular formula is C18H6Cl6F3N. The SMILES string of the molecule is FC(F)(F)c1cc(-c2c(Cl)cc(Cl)cc2Cl)ncc1-c1c(Cl)cc(Cl)cc1Cl. The molecule has 2 aromatic carbocycles. The number of benzene rings is 2. The van der Waals surface area contributed by atoms with Crippen LogP contribution in [0.3, 0.4) is 0 Å². The minimum absolute atomic E-state index is 0.0348. The molecule has 146 valence electrons. The zero-order valence-corrected chi connectivity index (χ0v) is 17.8. The molecule has 0 spiro atoms. The highest BCUT2D eigenvalue weighted by Gasteiger charge is 2.36. The number of hydrogen-bond donors (Lipinski definition) is 0. The van der Waals surface area contributed by atoms with Gasteiger partial charge >= 0.3 is 6.18 Å². The summed E-state index contributed by atoms with van der Waals surface area (Å²) in [5, 5.41) is 0.477. The monoisotopic (exact) mass is 503 g/mol. The van der Waals surface area contributed by atoms with Gasteiger partial charge < -0.3 is 0 Å². The molecule has 28 heavy (non-hydrogen) atoms. The second-order valence-electron chi connectivity index (χ2n) is 5.60. The predicted molar refractivity (Wildman–Crippen MR) is 110 cm³/mol. The molecule has 0 saturated carbocycles. The Morgan fingerprint density at radius 2 is 1.07 bits per heavy atom. The largest absolute Gasteiger partial charge is 0.417 e. The van der Waals surface area contributed by atoms with E-state index in [9.17, 15) is 13.2 Å². The van der Waals surface area contributed by atoms with E-state index in [1.807, 2.05) is 0 Å². The Morgan fingerprint density at radius 3 is 1.50 bits per heavy atom. The van der Waals surface area contributed by atoms with E-state index in [1.54, 1.807) is 0 Å². The lowest BCUT2D eigenvalue weighted by Gasteiger charge is -2.17. The maximum atomic E-state index is 13.8. The Morgan fingerprint density at radius 1 is 0.643 bits per heavy atom. The van der Waals surface area contributed by atoms with Crippen LogP contribution in [0.15, 0.2) is 36.5 Å². The highest BCUT2D eigenvalue weighted by Crippen LogP contribution is 2.45. The number of hydrogen-bond acceptors (Lipinski definition) is 1. The lowest BCUT2D eigenvalue weighted by molar-refractivity contribution is -0.137. The molecule has 0 N–H and O–H groups in total. The standard InChI is InChI=1S/C18H6Cl6F3N/c19-7-1-11(21)16(12(22)2-7)9-6-28-15(5-10(9)18(25,26)27)17-13(23)3-8(20)4-14(17)24/h1-6H. The van der Waals surface area contributed by atoms with Gasteiger partial charge in [-0.3, -0.25) is 4.98 Å². The molecule has 3 rings (SSSR count). The third kappa shape index (κ3) is 4.33. The summed E-state index contributed by atoms with van der Waals surface area (Å²) >= 11 is 36.1. The zero-order chi connectivity index (χ0) is 20.8. The normalized spacial score (nSPS) is 11.8. The summed E-state index contributed by atoms with van der Waals surface area (Å²) < 4.78 is 41.4. The minimum atomic E-state index is -4.73. The van der Waals surface area contributed by atoms with Crippen LogP contribution in [0.5, 0.6) is 0 Å². The first kappa shape index (κ1) is 21.8. The maximum Gasteiger partial charge on any atom is 0.417 e. The number of aromatic nitrogens is 1. The number of halogens is 9. The maximum absolute atomic E-state index is 13.8. The first-order valence-corrected chi connectivity index (χ1v) is 9.63. The average Bonchev–Trinajstić information content (AvgIpc) is 2.53. The van der Waals surface area contributed by atoms with Gasteiger partial charge in [0.25, 0.3) is 0 Å². The molecule has 0 unspecified atom stereocenters. The molecule has 10 heteroatoms. The van der Waals surface area contributed by atoms with Crippen molar-refractivity contribution in [1.82, 2.24) is 4.98 Å². The van der Waals surface area contributed by atoms with Crippen molar-refractivity contribution in [1.29, 1.82) is 0 Å². The lowest BCUT2D eigenvalue weighted by Crippen LogP contribution is -2.09. The Balaban J connectivity index is 2.30. The van der Waals surface area contributed by atoms with Gasteiger partial charge in [-0.2, -0.15) is 13.2 Å². The molecule has 0 aliphatic carbocycles. The lowest BCUT2D eigenvalue weighted by atomic mass is 9.99. The zero-order valence-electron chi connectivity index (χ0n) is 13.3. The van der Waals surface area contributed by atoms with Crippen molar-refractivity contribution in [2.75, 3.05) is 0 Å². The molecule has 0 aliphatic heterocycles. The summed E-state index contributed by atoms with van der Waals surface area (Å²) in [6, 6.07) is 6.15. The van der Waals surface area contributed by atoms with E-state index in [-0.39, 0.29) is 52.5 Å². The number of pyridine rings is 1. The van der Waals surface area contributed by atoms with E-state index < -0.39 is 11.7 Å². The van der Waals surface area contributed by atoms with Crippen molar-refractivity contribution in [2.24, 2.45) is 0 Å². The van der Waals surface area contributed by atoms with Gasteiger partial charge in [-0.1, -0.05) is 69.6 Å². The van der Waals surface area contributed by atoms with Crippen LogP contribution in [0.1, 0.15) is 5.56 Å². The van der Waals surface area contributed by atoms with Gasteiger partial charge in [0, 0.05) is 32.9 Å². The summed E-state index contributed by atoms with van der Waals surface area (Å²) in [6.45, 7) is 0. The first-order chi connectivity index (χ1) is 13.0. The van der Waals surface area contributed by atoms with Crippen LogP contribution in [-0.4, -0.2) is 4.98 Å². The predicted octanol–water partition coefficient (Wildman–Crippen LogP) is 9.35. The molecule has 0 amide bonds. The average molecular weight is 506 g/mol.